The van der Waals surface area contributed by atoms with Crippen LogP contribution in [0.2, 0.25) is 26.2 Å². The van der Waals surface area contributed by atoms with Crippen LogP contribution in [0.4, 0.5) is 0 Å². The maximum Gasteiger partial charge on any atom is 0.163 e. The van der Waals surface area contributed by atoms with E-state index >= 15 is 0 Å². The summed E-state index contributed by atoms with van der Waals surface area (Å²) in [6.45, 7) is 9.38. The van der Waals surface area contributed by atoms with Crippen LogP contribution in [0.3, 0.4) is 0 Å². The molecule has 2 heteroatoms. The van der Waals surface area contributed by atoms with Crippen LogP contribution in [0.1, 0.15) is 11.1 Å². The molecule has 0 N–H and O–H groups in total. The van der Waals surface area contributed by atoms with Crippen molar-refractivity contribution in [2.45, 2.75) is 26.2 Å². The zero-order chi connectivity index (χ0) is 20.0. The molecular weight excluding hydrogens is 368 g/mol. The molecule has 0 aliphatic heterocycles. The van der Waals surface area contributed by atoms with Gasteiger partial charge in [-0.1, -0.05) is 98.7 Å². The van der Waals surface area contributed by atoms with Crippen molar-refractivity contribution in [2.24, 2.45) is 0 Å². The Morgan fingerprint density at radius 2 is 0.786 bits per heavy atom. The van der Waals surface area contributed by atoms with Gasteiger partial charge in [-0.25, -0.2) is 0 Å². The lowest BCUT2D eigenvalue weighted by Crippen LogP contribution is -2.58. The lowest BCUT2D eigenvalue weighted by molar-refractivity contribution is 1.65. The summed E-state index contributed by atoms with van der Waals surface area (Å²) in [5.41, 5.74) is 9.45. The molecule has 0 bridgehead atoms. The molecule has 3 aromatic carbocycles. The highest BCUT2D eigenvalue weighted by molar-refractivity contribution is 7.05. The first-order valence-electron chi connectivity index (χ1n) is 9.65. The largest absolute Gasteiger partial charge is 0.163 e. The van der Waals surface area contributed by atoms with Gasteiger partial charge < -0.3 is 0 Å². The molecule has 28 heavy (non-hydrogen) atoms. The Kier molecular flexibility index (Phi) is 6.05. The highest BCUT2D eigenvalue weighted by atomic mass is 28.3. The van der Waals surface area contributed by atoms with Gasteiger partial charge in [0.15, 0.2) is 16.1 Å². The second-order valence-corrected chi connectivity index (χ2v) is 16.1. The summed E-state index contributed by atoms with van der Waals surface area (Å²) in [4.78, 5) is 0. The van der Waals surface area contributed by atoms with Crippen molar-refractivity contribution in [1.29, 1.82) is 0 Å². The van der Waals surface area contributed by atoms with Crippen LogP contribution < -0.4 is 10.4 Å². The first-order valence-corrected chi connectivity index (χ1v) is 15.6. The Morgan fingerprint density at radius 3 is 1.14 bits per heavy atom. The quantitative estimate of drug-likeness (QED) is 0.437. The summed E-state index contributed by atoms with van der Waals surface area (Å²) in [5.74, 6) is 6.82. The molecule has 0 aliphatic rings. The summed E-state index contributed by atoms with van der Waals surface area (Å²) in [6, 6.07) is 29.4. The Bertz CT molecular complexity index is 969. The van der Waals surface area contributed by atoms with Crippen LogP contribution in [-0.2, 0) is 0 Å². The van der Waals surface area contributed by atoms with Crippen molar-refractivity contribution in [3.05, 3.63) is 96.1 Å². The zero-order valence-corrected chi connectivity index (χ0v) is 19.1. The average molecular weight is 395 g/mol. The molecular formula is C26H26Si2. The minimum Gasteiger partial charge on any atom is -0.121 e. The third kappa shape index (κ3) is 4.93. The molecule has 0 atom stereocenters. The fraction of sp³-hybridized carbons (Fsp3) is 0.154. The summed E-state index contributed by atoms with van der Waals surface area (Å²) in [7, 11) is -3.84. The summed E-state index contributed by atoms with van der Waals surface area (Å²) in [6.07, 6.45) is 0. The van der Waals surface area contributed by atoms with Crippen LogP contribution in [0.15, 0.2) is 84.9 Å². The SMILES string of the molecule is C[Si](C)(C#Cc1ccccc1)c1ccccc1[Si](C)(C)C#Cc1ccccc1. The van der Waals surface area contributed by atoms with Crippen LogP contribution in [0.5, 0.6) is 0 Å². The lowest BCUT2D eigenvalue weighted by atomic mass is 10.2. The second-order valence-electron chi connectivity index (χ2n) is 8.03. The number of benzene rings is 3. The maximum atomic E-state index is 3.64. The third-order valence-electron chi connectivity index (χ3n) is 4.86. The molecule has 3 aromatic rings. The molecule has 0 unspecified atom stereocenters. The Hall–Kier alpha value is -2.79. The Morgan fingerprint density at radius 1 is 0.464 bits per heavy atom. The molecule has 0 heterocycles. The van der Waals surface area contributed by atoms with Gasteiger partial charge in [0.1, 0.15) is 0 Å². The lowest BCUT2D eigenvalue weighted by Gasteiger charge is -2.26. The van der Waals surface area contributed by atoms with Gasteiger partial charge in [-0.3, -0.25) is 0 Å². The van der Waals surface area contributed by atoms with E-state index in [2.05, 4.69) is 97.6 Å². The van der Waals surface area contributed by atoms with Crippen molar-refractivity contribution in [3.63, 3.8) is 0 Å². The number of hydrogen-bond acceptors (Lipinski definition) is 0. The van der Waals surface area contributed by atoms with E-state index < -0.39 is 16.1 Å². The molecule has 0 aliphatic carbocycles. The van der Waals surface area contributed by atoms with Gasteiger partial charge in [0.2, 0.25) is 0 Å². The van der Waals surface area contributed by atoms with Crippen molar-refractivity contribution in [1.82, 2.24) is 0 Å². The van der Waals surface area contributed by atoms with Gasteiger partial charge in [0.05, 0.1) is 0 Å². The van der Waals surface area contributed by atoms with Gasteiger partial charge in [-0.2, -0.15) is 0 Å². The Labute approximate surface area is 171 Å². The Balaban J connectivity index is 1.99. The van der Waals surface area contributed by atoms with Gasteiger partial charge in [-0.15, -0.1) is 11.1 Å². The summed E-state index contributed by atoms with van der Waals surface area (Å²) in [5, 5.41) is 2.86. The van der Waals surface area contributed by atoms with E-state index in [1.165, 1.54) is 10.4 Å². The van der Waals surface area contributed by atoms with Crippen LogP contribution >= 0.6 is 0 Å². The van der Waals surface area contributed by atoms with Crippen LogP contribution in [0, 0.1) is 22.9 Å². The van der Waals surface area contributed by atoms with Crippen molar-refractivity contribution >= 4 is 26.5 Å². The molecule has 0 aromatic heterocycles. The molecule has 138 valence electrons. The smallest absolute Gasteiger partial charge is 0.121 e. The number of hydrogen-bond donors (Lipinski definition) is 0. The monoisotopic (exact) mass is 394 g/mol. The molecule has 0 saturated carbocycles. The number of rotatable bonds is 2. The first kappa shape index (κ1) is 20.0. The van der Waals surface area contributed by atoms with E-state index in [-0.39, 0.29) is 0 Å². The molecule has 0 fully saturated rings. The molecule has 0 spiro atoms. The highest BCUT2D eigenvalue weighted by Gasteiger charge is 2.31. The molecule has 0 amide bonds. The van der Waals surface area contributed by atoms with E-state index in [0.29, 0.717) is 0 Å². The van der Waals surface area contributed by atoms with Gasteiger partial charge in [0, 0.05) is 11.1 Å². The third-order valence-corrected chi connectivity index (χ3v) is 10.2. The predicted molar refractivity (Wildman–Crippen MR) is 127 cm³/mol. The molecule has 0 radical (unpaired) electrons. The molecule has 0 saturated heterocycles. The second kappa shape index (κ2) is 8.49. The predicted octanol–water partition coefficient (Wildman–Crippen LogP) is 4.70. The van der Waals surface area contributed by atoms with E-state index in [1.54, 1.807) is 0 Å². The fourth-order valence-electron chi connectivity index (χ4n) is 3.21. The molecule has 3 rings (SSSR count). The average Bonchev–Trinajstić information content (AvgIpc) is 2.72. The minimum absolute atomic E-state index is 1.08. The topological polar surface area (TPSA) is 0 Å². The van der Waals surface area contributed by atoms with Gasteiger partial charge in [-0.05, 0) is 34.6 Å². The van der Waals surface area contributed by atoms with Crippen LogP contribution in [0.25, 0.3) is 0 Å². The maximum absolute atomic E-state index is 3.64. The zero-order valence-electron chi connectivity index (χ0n) is 17.1. The first-order chi connectivity index (χ1) is 13.4. The minimum atomic E-state index is -1.92. The van der Waals surface area contributed by atoms with Crippen LogP contribution in [-0.4, -0.2) is 16.1 Å². The van der Waals surface area contributed by atoms with E-state index in [4.69, 9.17) is 0 Å². The normalized spacial score (nSPS) is 11.0. The molecule has 0 nitrogen and oxygen atoms in total. The van der Waals surface area contributed by atoms with Crippen molar-refractivity contribution in [3.8, 4) is 22.9 Å². The van der Waals surface area contributed by atoms with E-state index in [0.717, 1.165) is 11.1 Å². The standard InChI is InChI=1S/C26H26Si2/c1-27(2,21-19-23-13-7-5-8-14-23)25-17-11-12-18-26(25)28(3,4)22-20-24-15-9-6-10-16-24/h5-18H,1-4H3. The fourth-order valence-corrected chi connectivity index (χ4v) is 8.80. The highest BCUT2D eigenvalue weighted by Crippen LogP contribution is 2.08. The van der Waals surface area contributed by atoms with Gasteiger partial charge in [0.25, 0.3) is 0 Å². The van der Waals surface area contributed by atoms with Crippen molar-refractivity contribution < 1.29 is 0 Å². The summed E-state index contributed by atoms with van der Waals surface area (Å²) >= 11 is 0. The van der Waals surface area contributed by atoms with E-state index in [1.807, 2.05) is 36.4 Å². The van der Waals surface area contributed by atoms with E-state index in [9.17, 15) is 0 Å². The summed E-state index contributed by atoms with van der Waals surface area (Å²) < 4.78 is 0. The van der Waals surface area contributed by atoms with Crippen molar-refractivity contribution in [2.75, 3.05) is 0 Å². The van der Waals surface area contributed by atoms with Gasteiger partial charge >= 0.3 is 0 Å².